The maximum atomic E-state index is 11.2. The average Bonchev–Trinajstić information content (AvgIpc) is 2.21. The third kappa shape index (κ3) is 2.08. The highest BCUT2D eigenvalue weighted by atomic mass is 127. The zero-order valence-corrected chi connectivity index (χ0v) is 10.2. The Kier molecular flexibility index (Phi) is 2.51. The van der Waals surface area contributed by atoms with Gasteiger partial charge in [0.15, 0.2) is 0 Å². The lowest BCUT2D eigenvalue weighted by Crippen LogP contribution is -2.29. The van der Waals surface area contributed by atoms with E-state index in [4.69, 9.17) is 0 Å². The van der Waals surface area contributed by atoms with E-state index in [-0.39, 0.29) is 9.33 Å². The minimum atomic E-state index is -0.00400. The summed E-state index contributed by atoms with van der Waals surface area (Å²) in [7, 11) is 0. The second kappa shape index (κ2) is 3.53. The van der Waals surface area contributed by atoms with Crippen molar-refractivity contribution in [1.29, 1.82) is 0 Å². The molecule has 0 radical (unpaired) electrons. The van der Waals surface area contributed by atoms with E-state index in [9.17, 15) is 4.79 Å². The molecule has 1 saturated heterocycles. The predicted octanol–water partition coefficient (Wildman–Crippen LogP) is 2.47. The van der Waals surface area contributed by atoms with Crippen molar-refractivity contribution in [2.45, 2.75) is 23.2 Å². The van der Waals surface area contributed by atoms with E-state index in [0.29, 0.717) is 6.42 Å². The van der Waals surface area contributed by atoms with Gasteiger partial charge in [0, 0.05) is 12.1 Å². The lowest BCUT2D eigenvalue weighted by molar-refractivity contribution is -0.120. The Hall–Kier alpha value is -0.580. The number of halogens is 1. The molecule has 14 heavy (non-hydrogen) atoms. The summed E-state index contributed by atoms with van der Waals surface area (Å²) in [5.41, 5.74) is 2.23. The second-order valence-electron chi connectivity index (χ2n) is 3.81. The first-order valence-electron chi connectivity index (χ1n) is 4.67. The highest BCUT2D eigenvalue weighted by Crippen LogP contribution is 2.30. The molecule has 2 nitrogen and oxygen atoms in total. The molecule has 2 aliphatic rings. The van der Waals surface area contributed by atoms with Crippen molar-refractivity contribution in [2.75, 3.05) is 0 Å². The number of carbonyl (C=O) groups excluding carboxylic acids is 1. The van der Waals surface area contributed by atoms with E-state index in [0.717, 1.165) is 12.1 Å². The molecule has 0 bridgehead atoms. The summed E-state index contributed by atoms with van der Waals surface area (Å²) in [4.78, 5) is 11.2. The van der Waals surface area contributed by atoms with Gasteiger partial charge in [-0.1, -0.05) is 40.8 Å². The zero-order chi connectivity index (χ0) is 10.2. The van der Waals surface area contributed by atoms with E-state index in [1.165, 1.54) is 5.57 Å². The number of fused-ring (bicyclic) bond motifs is 1. The highest BCUT2D eigenvalue weighted by Gasteiger charge is 2.22. The number of amides is 1. The molecule has 1 aliphatic carbocycles. The van der Waals surface area contributed by atoms with Gasteiger partial charge in [-0.3, -0.25) is 4.79 Å². The first kappa shape index (κ1) is 9.96. The Labute approximate surface area is 97.3 Å². The molecule has 74 valence electrons. The van der Waals surface area contributed by atoms with Crippen LogP contribution >= 0.6 is 22.6 Å². The first-order chi connectivity index (χ1) is 6.57. The van der Waals surface area contributed by atoms with Crippen LogP contribution in [0, 0.1) is 0 Å². The molecular weight excluding hydrogens is 289 g/mol. The fourth-order valence-corrected chi connectivity index (χ4v) is 2.18. The molecule has 0 spiro atoms. The van der Waals surface area contributed by atoms with Gasteiger partial charge < -0.3 is 5.32 Å². The fraction of sp³-hybridized carbons (Fsp3) is 0.364. The van der Waals surface area contributed by atoms with Gasteiger partial charge in [-0.05, 0) is 25.0 Å². The molecule has 1 N–H and O–H groups in total. The minimum Gasteiger partial charge on any atom is -0.326 e. The van der Waals surface area contributed by atoms with Crippen LogP contribution in [0.4, 0.5) is 0 Å². The molecule has 1 unspecified atom stereocenters. The van der Waals surface area contributed by atoms with E-state index < -0.39 is 0 Å². The molecule has 1 aliphatic heterocycles. The lowest BCUT2D eigenvalue weighted by atomic mass is 10.0. The van der Waals surface area contributed by atoms with Gasteiger partial charge >= 0.3 is 0 Å². The first-order valence-corrected chi connectivity index (χ1v) is 5.75. The minimum absolute atomic E-state index is 0.00400. The number of alkyl halides is 1. The van der Waals surface area contributed by atoms with Crippen molar-refractivity contribution in [3.05, 3.63) is 35.6 Å². The topological polar surface area (TPSA) is 29.1 Å². The van der Waals surface area contributed by atoms with Crippen LogP contribution < -0.4 is 5.32 Å². The van der Waals surface area contributed by atoms with E-state index in [1.54, 1.807) is 0 Å². The van der Waals surface area contributed by atoms with Gasteiger partial charge in [-0.25, -0.2) is 0 Å². The number of hydrogen-bond acceptors (Lipinski definition) is 1. The molecule has 0 aromatic rings. The largest absolute Gasteiger partial charge is 0.326 e. The fourth-order valence-electron chi connectivity index (χ4n) is 1.66. The summed E-state index contributed by atoms with van der Waals surface area (Å²) in [5, 5.41) is 2.92. The Morgan fingerprint density at radius 2 is 2.29 bits per heavy atom. The molecule has 2 rings (SSSR count). The van der Waals surface area contributed by atoms with E-state index in [2.05, 4.69) is 59.1 Å². The number of nitrogens with one attached hydrogen (secondary N) is 1. The maximum absolute atomic E-state index is 11.2. The molecule has 0 saturated carbocycles. The summed E-state index contributed by atoms with van der Waals surface area (Å²) in [6.45, 7) is 2.12. The van der Waals surface area contributed by atoms with E-state index >= 15 is 0 Å². The van der Waals surface area contributed by atoms with Gasteiger partial charge in [0.2, 0.25) is 5.91 Å². The Morgan fingerprint density at radius 3 is 3.07 bits per heavy atom. The second-order valence-corrected chi connectivity index (χ2v) is 6.13. The Balaban J connectivity index is 2.37. The van der Waals surface area contributed by atoms with Crippen molar-refractivity contribution in [3.8, 4) is 0 Å². The van der Waals surface area contributed by atoms with Crippen LogP contribution in [0.25, 0.3) is 0 Å². The van der Waals surface area contributed by atoms with Gasteiger partial charge in [-0.15, -0.1) is 0 Å². The number of rotatable bonds is 0. The third-order valence-corrected chi connectivity index (χ3v) is 3.06. The van der Waals surface area contributed by atoms with Crippen molar-refractivity contribution < 1.29 is 4.79 Å². The molecule has 1 atom stereocenters. The van der Waals surface area contributed by atoms with Crippen molar-refractivity contribution in [1.82, 2.24) is 5.32 Å². The molecule has 0 aromatic carbocycles. The summed E-state index contributed by atoms with van der Waals surface area (Å²) in [5.74, 6) is 0.127. The summed E-state index contributed by atoms with van der Waals surface area (Å²) in [6, 6.07) is 0. The quantitative estimate of drug-likeness (QED) is 0.540. The number of allylic oxidation sites excluding steroid dienone is 5. The van der Waals surface area contributed by atoms with Crippen LogP contribution in [0.3, 0.4) is 0 Å². The molecule has 3 heteroatoms. The summed E-state index contributed by atoms with van der Waals surface area (Å²) < 4.78 is -0.00400. The monoisotopic (exact) mass is 301 g/mol. The van der Waals surface area contributed by atoms with Crippen LogP contribution in [0.2, 0.25) is 0 Å². The zero-order valence-electron chi connectivity index (χ0n) is 8.01. The van der Waals surface area contributed by atoms with Gasteiger partial charge in [0.25, 0.3) is 0 Å². The van der Waals surface area contributed by atoms with Crippen LogP contribution in [-0.2, 0) is 4.79 Å². The average molecular weight is 301 g/mol. The summed E-state index contributed by atoms with van der Waals surface area (Å²) >= 11 is 2.36. The Bertz CT molecular complexity index is 363. The van der Waals surface area contributed by atoms with Crippen LogP contribution in [0.5, 0.6) is 0 Å². The van der Waals surface area contributed by atoms with Crippen LogP contribution in [0.15, 0.2) is 35.6 Å². The molecule has 1 fully saturated rings. The molecule has 0 aromatic heterocycles. The third-order valence-electron chi connectivity index (χ3n) is 2.39. The molecular formula is C11H12INO. The van der Waals surface area contributed by atoms with Crippen molar-refractivity contribution in [2.24, 2.45) is 0 Å². The lowest BCUT2D eigenvalue weighted by Gasteiger charge is -2.21. The smallest absolute Gasteiger partial charge is 0.224 e. The highest BCUT2D eigenvalue weighted by molar-refractivity contribution is 14.1. The van der Waals surface area contributed by atoms with Gasteiger partial charge in [-0.2, -0.15) is 0 Å². The predicted molar refractivity (Wildman–Crippen MR) is 65.1 cm³/mol. The van der Waals surface area contributed by atoms with E-state index in [1.807, 2.05) is 0 Å². The molecule has 1 amide bonds. The van der Waals surface area contributed by atoms with Gasteiger partial charge in [0.1, 0.15) is 0 Å². The van der Waals surface area contributed by atoms with Crippen molar-refractivity contribution in [3.63, 3.8) is 0 Å². The summed E-state index contributed by atoms with van der Waals surface area (Å²) in [6.07, 6.45) is 9.87. The molecule has 1 heterocycles. The number of hydrogen-bond donors (Lipinski definition) is 1. The SMILES string of the molecule is CC1(I)C=CC=C2CCC(=O)NC2=C1. The standard InChI is InChI=1S/C11H12INO/c1-11(12)6-2-3-8-4-5-10(14)13-9(8)7-11/h2-3,6-7H,4-5H2,1H3,(H,13,14). The van der Waals surface area contributed by atoms with Crippen LogP contribution in [0.1, 0.15) is 19.8 Å². The number of carbonyl (C=O) groups is 1. The van der Waals surface area contributed by atoms with Crippen LogP contribution in [-0.4, -0.2) is 9.33 Å². The van der Waals surface area contributed by atoms with Crippen molar-refractivity contribution >= 4 is 28.5 Å². The normalized spacial score (nSPS) is 31.1. The Morgan fingerprint density at radius 1 is 1.50 bits per heavy atom. The maximum Gasteiger partial charge on any atom is 0.224 e. The van der Waals surface area contributed by atoms with Gasteiger partial charge in [0.05, 0.1) is 3.42 Å². The number of piperidine rings is 1.